The van der Waals surface area contributed by atoms with Crippen LogP contribution in [0, 0.1) is 3.92 Å². The van der Waals surface area contributed by atoms with Gasteiger partial charge in [0.05, 0.1) is 0 Å². The SMILES string of the molecule is CCC[C-](I)C(=O)Oc1c(O)ccc2ccccc12.[Rh]. The number of benzene rings is 2. The molecule has 0 aliphatic carbocycles. The quantitative estimate of drug-likeness (QED) is 0.239. The van der Waals surface area contributed by atoms with Crippen LogP contribution in [-0.2, 0) is 24.3 Å². The normalized spacial score (nSPS) is 9.90. The van der Waals surface area contributed by atoms with Crippen molar-refractivity contribution in [1.29, 1.82) is 0 Å². The van der Waals surface area contributed by atoms with Gasteiger partial charge in [-0.15, -0.1) is 6.42 Å². The molecule has 0 heterocycles. The van der Waals surface area contributed by atoms with Crippen molar-refractivity contribution in [3.05, 3.63) is 40.3 Å². The number of fused-ring (bicyclic) bond motifs is 1. The van der Waals surface area contributed by atoms with Crippen LogP contribution in [0.2, 0.25) is 0 Å². The Hall–Kier alpha value is -0.807. The van der Waals surface area contributed by atoms with E-state index in [2.05, 4.69) is 0 Å². The number of esters is 1. The maximum Gasteiger partial charge on any atom is 0.187 e. The van der Waals surface area contributed by atoms with Gasteiger partial charge in [-0.25, -0.2) is 3.92 Å². The molecule has 0 fully saturated rings. The summed E-state index contributed by atoms with van der Waals surface area (Å²) in [5, 5.41) is 11.5. The van der Waals surface area contributed by atoms with Crippen molar-refractivity contribution in [3.8, 4) is 11.5 Å². The van der Waals surface area contributed by atoms with Crippen molar-refractivity contribution < 1.29 is 34.1 Å². The molecule has 0 saturated carbocycles. The second kappa shape index (κ2) is 7.84. The molecular formula is C15H14IO3Rh-. The summed E-state index contributed by atoms with van der Waals surface area (Å²) in [5.41, 5.74) is 0. The smallest absolute Gasteiger partial charge is 0.187 e. The number of phenols is 1. The Kier molecular flexibility index (Phi) is 6.76. The predicted octanol–water partition coefficient (Wildman–Crippen LogP) is 4.22. The van der Waals surface area contributed by atoms with Gasteiger partial charge in [-0.05, 0) is 11.5 Å². The van der Waals surface area contributed by atoms with Crippen molar-refractivity contribution in [3.63, 3.8) is 0 Å². The van der Waals surface area contributed by atoms with Crippen molar-refractivity contribution in [1.82, 2.24) is 0 Å². The van der Waals surface area contributed by atoms with E-state index in [9.17, 15) is 9.90 Å². The molecule has 0 spiro atoms. The zero-order chi connectivity index (χ0) is 13.8. The number of ether oxygens (including phenoxy) is 1. The zero-order valence-corrected chi connectivity index (χ0v) is 14.6. The van der Waals surface area contributed by atoms with Crippen LogP contribution in [0.1, 0.15) is 19.8 Å². The van der Waals surface area contributed by atoms with Gasteiger partial charge in [0.2, 0.25) is 0 Å². The fraction of sp³-hybridized carbons (Fsp3) is 0.200. The molecule has 1 N–H and O–H groups in total. The average molecular weight is 472 g/mol. The van der Waals surface area contributed by atoms with E-state index in [-0.39, 0.29) is 31.0 Å². The van der Waals surface area contributed by atoms with E-state index in [1.54, 1.807) is 6.07 Å². The van der Waals surface area contributed by atoms with Crippen LogP contribution in [-0.4, -0.2) is 11.1 Å². The van der Waals surface area contributed by atoms with Crippen molar-refractivity contribution in [2.45, 2.75) is 19.8 Å². The topological polar surface area (TPSA) is 46.5 Å². The van der Waals surface area contributed by atoms with Crippen molar-refractivity contribution >= 4 is 39.3 Å². The molecule has 2 aromatic carbocycles. The summed E-state index contributed by atoms with van der Waals surface area (Å²) in [6.07, 6.45) is 1.57. The minimum atomic E-state index is -0.394. The minimum Gasteiger partial charge on any atom is -0.504 e. The first-order valence-electron chi connectivity index (χ1n) is 6.07. The van der Waals surface area contributed by atoms with Crippen LogP contribution in [0.25, 0.3) is 10.8 Å². The summed E-state index contributed by atoms with van der Waals surface area (Å²) < 4.78 is 5.97. The first kappa shape index (κ1) is 17.2. The third-order valence-electron chi connectivity index (χ3n) is 2.74. The molecule has 0 atom stereocenters. The Morgan fingerprint density at radius 3 is 2.70 bits per heavy atom. The predicted molar refractivity (Wildman–Crippen MR) is 83.4 cm³/mol. The third kappa shape index (κ3) is 3.86. The molecule has 0 saturated heterocycles. The van der Waals surface area contributed by atoms with Gasteiger partial charge in [-0.1, -0.05) is 43.7 Å². The van der Waals surface area contributed by atoms with Crippen LogP contribution in [0.15, 0.2) is 36.4 Å². The number of phenolic OH excluding ortho intramolecular Hbond substituents is 1. The number of rotatable bonds is 4. The Morgan fingerprint density at radius 1 is 1.30 bits per heavy atom. The largest absolute Gasteiger partial charge is 0.504 e. The summed E-state index contributed by atoms with van der Waals surface area (Å²) in [5.74, 6) is -0.185. The molecule has 0 bridgehead atoms. The number of hydrogen-bond donors (Lipinski definition) is 1. The van der Waals surface area contributed by atoms with Gasteiger partial charge in [0.15, 0.2) is 17.5 Å². The second-order valence-electron chi connectivity index (χ2n) is 4.18. The van der Waals surface area contributed by atoms with E-state index in [1.165, 1.54) is 6.07 Å². The van der Waals surface area contributed by atoms with Crippen LogP contribution in [0.5, 0.6) is 11.5 Å². The third-order valence-corrected chi connectivity index (χ3v) is 3.72. The van der Waals surface area contributed by atoms with E-state index in [1.807, 2.05) is 53.8 Å². The summed E-state index contributed by atoms with van der Waals surface area (Å²) in [6, 6.07) is 10.8. The first-order valence-corrected chi connectivity index (χ1v) is 7.15. The van der Waals surface area contributed by atoms with E-state index < -0.39 is 5.97 Å². The monoisotopic (exact) mass is 472 g/mol. The number of aromatic hydroxyl groups is 1. The Bertz CT molecular complexity index is 601. The molecule has 2 aromatic rings. The summed E-state index contributed by atoms with van der Waals surface area (Å²) in [6.45, 7) is 2.00. The van der Waals surface area contributed by atoms with Gasteiger partial charge < -0.3 is 9.84 Å². The molecule has 109 valence electrons. The Morgan fingerprint density at radius 2 is 2.00 bits per heavy atom. The zero-order valence-electron chi connectivity index (χ0n) is 10.9. The summed E-state index contributed by atoms with van der Waals surface area (Å²) in [7, 11) is 0. The molecule has 3 nitrogen and oxygen atoms in total. The maximum atomic E-state index is 11.9. The van der Waals surface area contributed by atoms with Crippen LogP contribution in [0.4, 0.5) is 0 Å². The Balaban J connectivity index is 0.00000200. The number of hydrogen-bond acceptors (Lipinski definition) is 3. The van der Waals surface area contributed by atoms with E-state index in [0.717, 1.165) is 17.2 Å². The molecule has 0 amide bonds. The van der Waals surface area contributed by atoms with Crippen molar-refractivity contribution in [2.24, 2.45) is 0 Å². The number of carbonyl (C=O) groups excluding carboxylic acids is 1. The van der Waals surface area contributed by atoms with Gasteiger partial charge >= 0.3 is 0 Å². The second-order valence-corrected chi connectivity index (χ2v) is 5.48. The summed E-state index contributed by atoms with van der Waals surface area (Å²) in [4.78, 5) is 11.9. The maximum absolute atomic E-state index is 11.9. The first-order chi connectivity index (χ1) is 9.13. The standard InChI is InChI=1S/C15H14IO3.Rh/c1-2-5-12(16)15(18)19-14-11-7-4-3-6-10(11)8-9-13(14)17;/h3-4,6-9,17H,2,5H2,1H3;/q-1;. The van der Waals surface area contributed by atoms with Gasteiger partial charge in [0, 0.05) is 24.9 Å². The summed E-state index contributed by atoms with van der Waals surface area (Å²) >= 11 is 1.99. The van der Waals surface area contributed by atoms with Gasteiger partial charge in [-0.3, -0.25) is 27.4 Å². The molecule has 0 aliphatic heterocycles. The van der Waals surface area contributed by atoms with Crippen LogP contribution < -0.4 is 4.74 Å². The number of carbonyl (C=O) groups is 1. The molecule has 0 unspecified atom stereocenters. The van der Waals surface area contributed by atoms with E-state index in [0.29, 0.717) is 10.3 Å². The van der Waals surface area contributed by atoms with Crippen LogP contribution >= 0.6 is 22.6 Å². The number of halogens is 1. The van der Waals surface area contributed by atoms with Gasteiger partial charge in [0.25, 0.3) is 0 Å². The van der Waals surface area contributed by atoms with Gasteiger partial charge in [-0.2, -0.15) is 0 Å². The molecule has 0 aliphatic rings. The van der Waals surface area contributed by atoms with E-state index >= 15 is 0 Å². The van der Waals surface area contributed by atoms with Gasteiger partial charge in [0.1, 0.15) is 0 Å². The molecular weight excluding hydrogens is 458 g/mol. The Labute approximate surface area is 144 Å². The molecule has 5 heteroatoms. The molecule has 20 heavy (non-hydrogen) atoms. The van der Waals surface area contributed by atoms with E-state index in [4.69, 9.17) is 4.74 Å². The molecule has 2 rings (SSSR count). The minimum absolute atomic E-state index is 0. The van der Waals surface area contributed by atoms with Crippen LogP contribution in [0.3, 0.4) is 0 Å². The van der Waals surface area contributed by atoms with Crippen molar-refractivity contribution in [2.75, 3.05) is 0 Å². The average Bonchev–Trinajstić information content (AvgIpc) is 2.42. The molecule has 1 radical (unpaired) electrons. The fourth-order valence-corrected chi connectivity index (χ4v) is 2.46. The fourth-order valence-electron chi connectivity index (χ4n) is 1.81. The molecule has 0 aromatic heterocycles.